The Morgan fingerprint density at radius 3 is 2.67 bits per heavy atom. The minimum Gasteiger partial charge on any atom is -0.481 e. The molecule has 0 heterocycles. The zero-order chi connectivity index (χ0) is 11.3. The number of hydrogen-bond donors (Lipinski definition) is 1. The first-order valence-electron chi connectivity index (χ1n) is 4.25. The first kappa shape index (κ1) is 11.0. The fraction of sp³-hybridized carbons (Fsp3) is 0.0909. The molecule has 4 nitrogen and oxygen atoms in total. The van der Waals surface area contributed by atoms with Crippen LogP contribution in [0.1, 0.15) is 10.4 Å². The summed E-state index contributed by atoms with van der Waals surface area (Å²) >= 11 is 0. The Morgan fingerprint density at radius 1 is 1.40 bits per heavy atom. The number of ketones is 1. The molecule has 0 bridgehead atoms. The fourth-order valence-electron chi connectivity index (χ4n) is 1.05. The van der Waals surface area contributed by atoms with Crippen LogP contribution in [0.4, 0.5) is 0 Å². The molecule has 15 heavy (non-hydrogen) atoms. The van der Waals surface area contributed by atoms with Crippen LogP contribution in [0.15, 0.2) is 36.9 Å². The van der Waals surface area contributed by atoms with E-state index in [1.807, 2.05) is 0 Å². The standard InChI is InChI=1S/C11H10O4/c1-2-9(12)8-5-3-4-6-10(8)15-7-11(13)14/h2-6H,1,7H2,(H,13,14). The van der Waals surface area contributed by atoms with E-state index in [9.17, 15) is 9.59 Å². The summed E-state index contributed by atoms with van der Waals surface area (Å²) < 4.78 is 4.95. The minimum atomic E-state index is -1.09. The van der Waals surface area contributed by atoms with E-state index >= 15 is 0 Å². The molecule has 0 saturated carbocycles. The first-order valence-corrected chi connectivity index (χ1v) is 4.25. The van der Waals surface area contributed by atoms with E-state index in [1.54, 1.807) is 24.3 Å². The SMILES string of the molecule is C=CC(=O)c1ccccc1OCC(=O)O. The molecule has 0 unspecified atom stereocenters. The number of carboxylic acid groups (broad SMARTS) is 1. The van der Waals surface area contributed by atoms with Crippen molar-refractivity contribution in [3.8, 4) is 5.75 Å². The third-order valence-corrected chi connectivity index (χ3v) is 1.69. The predicted octanol–water partition coefficient (Wildman–Crippen LogP) is 1.52. The highest BCUT2D eigenvalue weighted by atomic mass is 16.5. The number of carbonyl (C=O) groups is 2. The minimum absolute atomic E-state index is 0.254. The van der Waals surface area contributed by atoms with Gasteiger partial charge in [-0.25, -0.2) is 4.79 Å². The molecule has 0 spiro atoms. The zero-order valence-electron chi connectivity index (χ0n) is 7.97. The van der Waals surface area contributed by atoms with Crippen molar-refractivity contribution < 1.29 is 19.4 Å². The molecule has 0 aromatic heterocycles. The van der Waals surface area contributed by atoms with Gasteiger partial charge in [0.2, 0.25) is 0 Å². The van der Waals surface area contributed by atoms with E-state index < -0.39 is 12.6 Å². The quantitative estimate of drug-likeness (QED) is 0.586. The molecule has 0 fully saturated rings. The smallest absolute Gasteiger partial charge is 0.341 e. The van der Waals surface area contributed by atoms with Gasteiger partial charge in [-0.05, 0) is 18.2 Å². The highest BCUT2D eigenvalue weighted by Crippen LogP contribution is 2.18. The zero-order valence-corrected chi connectivity index (χ0v) is 7.97. The van der Waals surface area contributed by atoms with Crippen LogP contribution < -0.4 is 4.74 Å². The van der Waals surface area contributed by atoms with E-state index in [2.05, 4.69) is 6.58 Å². The number of allylic oxidation sites excluding steroid dienone is 1. The van der Waals surface area contributed by atoms with Crippen LogP contribution in [0, 0.1) is 0 Å². The number of aliphatic carboxylic acids is 1. The molecule has 4 heteroatoms. The van der Waals surface area contributed by atoms with Crippen molar-refractivity contribution in [1.82, 2.24) is 0 Å². The Hall–Kier alpha value is -2.10. The van der Waals surface area contributed by atoms with Crippen molar-refractivity contribution in [2.75, 3.05) is 6.61 Å². The van der Waals surface area contributed by atoms with Crippen molar-refractivity contribution in [1.29, 1.82) is 0 Å². The molecular formula is C11H10O4. The number of rotatable bonds is 5. The first-order chi connectivity index (χ1) is 7.15. The molecular weight excluding hydrogens is 196 g/mol. The number of carbonyl (C=O) groups excluding carboxylic acids is 1. The summed E-state index contributed by atoms with van der Waals surface area (Å²) in [6.45, 7) is 2.88. The lowest BCUT2D eigenvalue weighted by Gasteiger charge is -2.06. The monoisotopic (exact) mass is 206 g/mol. The number of para-hydroxylation sites is 1. The molecule has 1 rings (SSSR count). The van der Waals surface area contributed by atoms with Crippen molar-refractivity contribution in [2.24, 2.45) is 0 Å². The fourth-order valence-corrected chi connectivity index (χ4v) is 1.05. The molecule has 1 aromatic carbocycles. The maximum absolute atomic E-state index is 11.3. The highest BCUT2D eigenvalue weighted by molar-refractivity contribution is 6.06. The largest absolute Gasteiger partial charge is 0.481 e. The van der Waals surface area contributed by atoms with Crippen LogP contribution in [0.25, 0.3) is 0 Å². The van der Waals surface area contributed by atoms with Crippen LogP contribution in [-0.2, 0) is 4.79 Å². The number of benzene rings is 1. The normalized spacial score (nSPS) is 9.33. The molecule has 0 aliphatic rings. The van der Waals surface area contributed by atoms with E-state index in [0.29, 0.717) is 5.56 Å². The van der Waals surface area contributed by atoms with Gasteiger partial charge in [0.1, 0.15) is 5.75 Å². The van der Waals surface area contributed by atoms with Crippen LogP contribution >= 0.6 is 0 Å². The second-order valence-electron chi connectivity index (χ2n) is 2.75. The topological polar surface area (TPSA) is 63.6 Å². The van der Waals surface area contributed by atoms with Crippen LogP contribution in [0.5, 0.6) is 5.75 Å². The van der Waals surface area contributed by atoms with Gasteiger partial charge in [-0.15, -0.1) is 0 Å². The lowest BCUT2D eigenvalue weighted by Crippen LogP contribution is -2.11. The van der Waals surface area contributed by atoms with Crippen LogP contribution in [-0.4, -0.2) is 23.5 Å². The van der Waals surface area contributed by atoms with E-state index in [4.69, 9.17) is 9.84 Å². The second kappa shape index (κ2) is 4.95. The van der Waals surface area contributed by atoms with Gasteiger partial charge >= 0.3 is 5.97 Å². The van der Waals surface area contributed by atoms with Gasteiger partial charge in [-0.2, -0.15) is 0 Å². The summed E-state index contributed by atoms with van der Waals surface area (Å²) in [5, 5.41) is 8.43. The van der Waals surface area contributed by atoms with Gasteiger partial charge in [-0.3, -0.25) is 4.79 Å². The van der Waals surface area contributed by atoms with E-state index in [1.165, 1.54) is 0 Å². The summed E-state index contributed by atoms with van der Waals surface area (Å²) in [6.07, 6.45) is 1.16. The average molecular weight is 206 g/mol. The maximum Gasteiger partial charge on any atom is 0.341 e. The van der Waals surface area contributed by atoms with Gasteiger partial charge in [0.05, 0.1) is 5.56 Å². The molecule has 0 aliphatic heterocycles. The second-order valence-corrected chi connectivity index (χ2v) is 2.75. The van der Waals surface area contributed by atoms with Crippen molar-refractivity contribution in [2.45, 2.75) is 0 Å². The molecule has 0 aliphatic carbocycles. The van der Waals surface area contributed by atoms with E-state index in [0.717, 1.165) is 6.08 Å². The maximum atomic E-state index is 11.3. The summed E-state index contributed by atoms with van der Waals surface area (Å²) in [5.74, 6) is -1.13. The Morgan fingerprint density at radius 2 is 2.07 bits per heavy atom. The molecule has 1 N–H and O–H groups in total. The molecule has 0 atom stereocenters. The van der Waals surface area contributed by atoms with Crippen molar-refractivity contribution in [3.05, 3.63) is 42.5 Å². The van der Waals surface area contributed by atoms with E-state index in [-0.39, 0.29) is 11.5 Å². The number of carboxylic acids is 1. The summed E-state index contributed by atoms with van der Waals surface area (Å²) in [5.41, 5.74) is 0.314. The molecule has 78 valence electrons. The molecule has 0 radical (unpaired) electrons. The van der Waals surface area contributed by atoms with Crippen molar-refractivity contribution in [3.63, 3.8) is 0 Å². The Bertz CT molecular complexity index is 395. The number of hydrogen-bond acceptors (Lipinski definition) is 3. The summed E-state index contributed by atoms with van der Waals surface area (Å²) in [7, 11) is 0. The highest BCUT2D eigenvalue weighted by Gasteiger charge is 2.09. The average Bonchev–Trinajstić information content (AvgIpc) is 2.25. The lowest BCUT2D eigenvalue weighted by atomic mass is 10.1. The van der Waals surface area contributed by atoms with Crippen LogP contribution in [0.3, 0.4) is 0 Å². The third-order valence-electron chi connectivity index (χ3n) is 1.69. The molecule has 0 amide bonds. The predicted molar refractivity (Wildman–Crippen MR) is 54.1 cm³/mol. The summed E-state index contributed by atoms with van der Waals surface area (Å²) in [4.78, 5) is 21.6. The molecule has 0 saturated heterocycles. The third kappa shape index (κ3) is 2.95. The number of ether oxygens (including phenoxy) is 1. The van der Waals surface area contributed by atoms with Gasteiger partial charge in [-0.1, -0.05) is 18.7 Å². The van der Waals surface area contributed by atoms with Gasteiger partial charge in [0, 0.05) is 0 Å². The molecule has 1 aromatic rings. The Balaban J connectivity index is 2.91. The Labute approximate surface area is 86.8 Å². The summed E-state index contributed by atoms with van der Waals surface area (Å²) in [6, 6.07) is 6.43. The Kier molecular flexibility index (Phi) is 3.62. The van der Waals surface area contributed by atoms with Crippen molar-refractivity contribution >= 4 is 11.8 Å². The lowest BCUT2D eigenvalue weighted by molar-refractivity contribution is -0.139. The van der Waals surface area contributed by atoms with Gasteiger partial charge in [0.15, 0.2) is 12.4 Å². The van der Waals surface area contributed by atoms with Gasteiger partial charge in [0.25, 0.3) is 0 Å². The van der Waals surface area contributed by atoms with Gasteiger partial charge < -0.3 is 9.84 Å². The van der Waals surface area contributed by atoms with Crippen LogP contribution in [0.2, 0.25) is 0 Å².